The molecule has 1 N–H and O–H groups in total. The average Bonchev–Trinajstić information content (AvgIpc) is 2.41. The van der Waals surface area contributed by atoms with E-state index in [4.69, 9.17) is 4.74 Å². The van der Waals surface area contributed by atoms with Crippen LogP contribution in [-0.4, -0.2) is 23.8 Å². The SMILES string of the molecule is CCOC(=O)[C@]1(c2ccccc2)CCCC[C@@H]1O. The van der Waals surface area contributed by atoms with Gasteiger partial charge in [0.25, 0.3) is 0 Å². The van der Waals surface area contributed by atoms with Gasteiger partial charge in [-0.15, -0.1) is 0 Å². The van der Waals surface area contributed by atoms with Crippen molar-refractivity contribution < 1.29 is 14.6 Å². The van der Waals surface area contributed by atoms with Gasteiger partial charge in [-0.25, -0.2) is 0 Å². The predicted octanol–water partition coefficient (Wildman–Crippen LogP) is 2.42. The first-order chi connectivity index (χ1) is 8.71. The van der Waals surface area contributed by atoms with Crippen LogP contribution in [0.5, 0.6) is 0 Å². The van der Waals surface area contributed by atoms with Crippen molar-refractivity contribution in [3.05, 3.63) is 35.9 Å². The number of aliphatic hydroxyl groups is 1. The molecule has 0 saturated heterocycles. The number of hydrogen-bond acceptors (Lipinski definition) is 3. The quantitative estimate of drug-likeness (QED) is 0.836. The number of carbonyl (C=O) groups excluding carboxylic acids is 1. The fourth-order valence-electron chi connectivity index (χ4n) is 2.84. The van der Waals surface area contributed by atoms with Crippen LogP contribution in [0.4, 0.5) is 0 Å². The maximum atomic E-state index is 12.3. The summed E-state index contributed by atoms with van der Waals surface area (Å²) in [7, 11) is 0. The first-order valence-electron chi connectivity index (χ1n) is 6.62. The van der Waals surface area contributed by atoms with Gasteiger partial charge in [0.1, 0.15) is 5.41 Å². The van der Waals surface area contributed by atoms with Crippen molar-refractivity contribution in [2.75, 3.05) is 6.61 Å². The average molecular weight is 248 g/mol. The molecule has 1 aromatic carbocycles. The summed E-state index contributed by atoms with van der Waals surface area (Å²) in [5.41, 5.74) is 0.00542. The van der Waals surface area contributed by atoms with Crippen LogP contribution in [0.2, 0.25) is 0 Å². The minimum absolute atomic E-state index is 0.289. The van der Waals surface area contributed by atoms with E-state index in [-0.39, 0.29) is 5.97 Å². The van der Waals surface area contributed by atoms with E-state index < -0.39 is 11.5 Å². The molecule has 1 aliphatic carbocycles. The Labute approximate surface area is 108 Å². The largest absolute Gasteiger partial charge is 0.465 e. The number of hydrogen-bond donors (Lipinski definition) is 1. The first-order valence-corrected chi connectivity index (χ1v) is 6.62. The van der Waals surface area contributed by atoms with Crippen LogP contribution >= 0.6 is 0 Å². The normalized spacial score (nSPS) is 27.8. The molecule has 18 heavy (non-hydrogen) atoms. The zero-order valence-corrected chi connectivity index (χ0v) is 10.8. The molecule has 0 bridgehead atoms. The van der Waals surface area contributed by atoms with E-state index in [0.29, 0.717) is 19.4 Å². The number of aliphatic hydroxyl groups excluding tert-OH is 1. The van der Waals surface area contributed by atoms with E-state index in [9.17, 15) is 9.90 Å². The molecule has 1 aromatic rings. The number of carbonyl (C=O) groups is 1. The van der Waals surface area contributed by atoms with Crippen LogP contribution in [0.25, 0.3) is 0 Å². The molecular formula is C15H20O3. The van der Waals surface area contributed by atoms with Crippen molar-refractivity contribution in [1.29, 1.82) is 0 Å². The molecule has 0 amide bonds. The molecule has 3 nitrogen and oxygen atoms in total. The van der Waals surface area contributed by atoms with Crippen LogP contribution in [0, 0.1) is 0 Å². The highest BCUT2D eigenvalue weighted by atomic mass is 16.5. The lowest BCUT2D eigenvalue weighted by atomic mass is 9.67. The van der Waals surface area contributed by atoms with E-state index >= 15 is 0 Å². The summed E-state index contributed by atoms with van der Waals surface area (Å²) in [5, 5.41) is 10.4. The molecule has 2 atom stereocenters. The Kier molecular flexibility index (Phi) is 4.02. The van der Waals surface area contributed by atoms with Crippen molar-refractivity contribution in [2.45, 2.75) is 44.1 Å². The van der Waals surface area contributed by atoms with Crippen molar-refractivity contribution in [3.8, 4) is 0 Å². The van der Waals surface area contributed by atoms with Gasteiger partial charge < -0.3 is 9.84 Å². The second-order valence-corrected chi connectivity index (χ2v) is 4.82. The molecule has 2 rings (SSSR count). The molecule has 1 fully saturated rings. The van der Waals surface area contributed by atoms with E-state index in [0.717, 1.165) is 18.4 Å². The molecule has 0 aliphatic heterocycles. The van der Waals surface area contributed by atoms with E-state index in [1.807, 2.05) is 30.3 Å². The van der Waals surface area contributed by atoms with Crippen molar-refractivity contribution in [1.82, 2.24) is 0 Å². The van der Waals surface area contributed by atoms with Gasteiger partial charge in [-0.3, -0.25) is 4.79 Å². The van der Waals surface area contributed by atoms with Crippen LogP contribution in [-0.2, 0) is 14.9 Å². The standard InChI is InChI=1S/C15H20O3/c1-2-18-14(17)15(11-7-6-10-13(15)16)12-8-4-3-5-9-12/h3-5,8-9,13,16H,2,6-7,10-11H2,1H3/t13-,15-/m0/s1. The molecule has 0 aromatic heterocycles. The smallest absolute Gasteiger partial charge is 0.319 e. The third-order valence-electron chi connectivity index (χ3n) is 3.80. The highest BCUT2D eigenvalue weighted by Gasteiger charge is 2.49. The minimum Gasteiger partial charge on any atom is -0.465 e. The Morgan fingerprint density at radius 2 is 2.11 bits per heavy atom. The highest BCUT2D eigenvalue weighted by molar-refractivity contribution is 5.84. The van der Waals surface area contributed by atoms with Gasteiger partial charge in [-0.1, -0.05) is 43.2 Å². The zero-order chi connectivity index (χ0) is 13.0. The van der Waals surface area contributed by atoms with E-state index in [2.05, 4.69) is 0 Å². The number of esters is 1. The Bertz CT molecular complexity index is 401. The summed E-state index contributed by atoms with van der Waals surface area (Å²) < 4.78 is 5.21. The number of benzene rings is 1. The Morgan fingerprint density at radius 3 is 2.72 bits per heavy atom. The number of rotatable bonds is 3. The summed E-state index contributed by atoms with van der Waals surface area (Å²) in [4.78, 5) is 12.3. The van der Waals surface area contributed by atoms with Crippen LogP contribution in [0.1, 0.15) is 38.2 Å². The summed E-state index contributed by atoms with van der Waals surface area (Å²) in [6.45, 7) is 2.14. The lowest BCUT2D eigenvalue weighted by Gasteiger charge is -2.39. The second-order valence-electron chi connectivity index (χ2n) is 4.82. The monoisotopic (exact) mass is 248 g/mol. The lowest BCUT2D eigenvalue weighted by molar-refractivity contribution is -0.157. The highest BCUT2D eigenvalue weighted by Crippen LogP contribution is 2.40. The van der Waals surface area contributed by atoms with Crippen LogP contribution in [0.3, 0.4) is 0 Å². The molecule has 0 radical (unpaired) electrons. The molecule has 0 spiro atoms. The van der Waals surface area contributed by atoms with Gasteiger partial charge in [0, 0.05) is 0 Å². The lowest BCUT2D eigenvalue weighted by Crippen LogP contribution is -2.49. The predicted molar refractivity (Wildman–Crippen MR) is 69.2 cm³/mol. The molecule has 3 heteroatoms. The Hall–Kier alpha value is -1.35. The van der Waals surface area contributed by atoms with E-state index in [1.165, 1.54) is 0 Å². The van der Waals surface area contributed by atoms with Gasteiger partial charge in [-0.05, 0) is 25.3 Å². The maximum Gasteiger partial charge on any atom is 0.319 e. The van der Waals surface area contributed by atoms with Gasteiger partial charge in [-0.2, -0.15) is 0 Å². The minimum atomic E-state index is -0.866. The number of ether oxygens (including phenoxy) is 1. The topological polar surface area (TPSA) is 46.5 Å². The molecular weight excluding hydrogens is 228 g/mol. The van der Waals surface area contributed by atoms with Gasteiger partial charge in [0.05, 0.1) is 12.7 Å². The molecule has 0 heterocycles. The molecule has 98 valence electrons. The van der Waals surface area contributed by atoms with E-state index in [1.54, 1.807) is 6.92 Å². The Balaban J connectivity index is 2.42. The summed E-state index contributed by atoms with van der Waals surface area (Å²) in [6, 6.07) is 9.53. The third-order valence-corrected chi connectivity index (χ3v) is 3.80. The van der Waals surface area contributed by atoms with Gasteiger partial charge in [0.15, 0.2) is 0 Å². The summed E-state index contributed by atoms with van der Waals surface area (Å²) >= 11 is 0. The van der Waals surface area contributed by atoms with Crippen molar-refractivity contribution >= 4 is 5.97 Å². The molecule has 1 saturated carbocycles. The van der Waals surface area contributed by atoms with Crippen LogP contribution < -0.4 is 0 Å². The maximum absolute atomic E-state index is 12.3. The molecule has 1 aliphatic rings. The fraction of sp³-hybridized carbons (Fsp3) is 0.533. The molecule has 0 unspecified atom stereocenters. The second kappa shape index (κ2) is 5.53. The van der Waals surface area contributed by atoms with Crippen LogP contribution in [0.15, 0.2) is 30.3 Å². The third kappa shape index (κ3) is 2.15. The first kappa shape index (κ1) is 13.1. The summed E-state index contributed by atoms with van der Waals surface area (Å²) in [5.74, 6) is -0.289. The zero-order valence-electron chi connectivity index (χ0n) is 10.8. The van der Waals surface area contributed by atoms with Gasteiger partial charge >= 0.3 is 5.97 Å². The van der Waals surface area contributed by atoms with Crippen molar-refractivity contribution in [2.24, 2.45) is 0 Å². The fourth-order valence-corrected chi connectivity index (χ4v) is 2.84. The Morgan fingerprint density at radius 1 is 1.39 bits per heavy atom. The van der Waals surface area contributed by atoms with Gasteiger partial charge in [0.2, 0.25) is 0 Å². The summed E-state index contributed by atoms with van der Waals surface area (Å²) in [6.07, 6.45) is 2.60. The van der Waals surface area contributed by atoms with Crippen molar-refractivity contribution in [3.63, 3.8) is 0 Å².